The van der Waals surface area contributed by atoms with E-state index in [4.69, 9.17) is 10.2 Å². The standard InChI is InChI=1S/C9H17NO6S/c1-3(11)5(12)6(13)7(14)8-10-4(2-17-8)9(15)16/h3-8,10-14H,2H2,1H3,(H,15,16)/t3-,4-,5-,6-,7+,8+/m0/s1. The van der Waals surface area contributed by atoms with Crippen LogP contribution in [0, 0.1) is 0 Å². The summed E-state index contributed by atoms with van der Waals surface area (Å²) in [5.41, 5.74) is 0. The van der Waals surface area contributed by atoms with Crippen LogP contribution in [0.5, 0.6) is 0 Å². The van der Waals surface area contributed by atoms with E-state index < -0.39 is 41.8 Å². The zero-order chi connectivity index (χ0) is 13.2. The predicted octanol–water partition coefficient (Wildman–Crippen LogP) is -2.43. The Bertz CT molecular complexity index is 276. The number of aliphatic carboxylic acids is 1. The van der Waals surface area contributed by atoms with Gasteiger partial charge in [0.15, 0.2) is 0 Å². The molecule has 7 nitrogen and oxygen atoms in total. The fraction of sp³-hybridized carbons (Fsp3) is 0.889. The summed E-state index contributed by atoms with van der Waals surface area (Å²) in [4.78, 5) is 10.7. The zero-order valence-corrected chi connectivity index (χ0v) is 10.0. The van der Waals surface area contributed by atoms with Crippen LogP contribution in [-0.2, 0) is 4.79 Å². The molecule has 8 heteroatoms. The summed E-state index contributed by atoms with van der Waals surface area (Å²) in [7, 11) is 0. The van der Waals surface area contributed by atoms with Crippen molar-refractivity contribution in [3.8, 4) is 0 Å². The Morgan fingerprint density at radius 1 is 1.29 bits per heavy atom. The molecule has 0 aromatic carbocycles. The Kier molecular flexibility index (Phi) is 5.17. The van der Waals surface area contributed by atoms with E-state index >= 15 is 0 Å². The van der Waals surface area contributed by atoms with Crippen molar-refractivity contribution >= 4 is 17.7 Å². The molecule has 1 heterocycles. The van der Waals surface area contributed by atoms with Gasteiger partial charge in [-0.3, -0.25) is 10.1 Å². The minimum absolute atomic E-state index is 0.272. The van der Waals surface area contributed by atoms with Crippen molar-refractivity contribution in [1.29, 1.82) is 0 Å². The summed E-state index contributed by atoms with van der Waals surface area (Å²) in [6, 6.07) is -0.782. The molecule has 1 saturated heterocycles. The first-order valence-corrected chi connectivity index (χ1v) is 6.22. The highest BCUT2D eigenvalue weighted by atomic mass is 32.2. The third-order valence-electron chi connectivity index (χ3n) is 2.61. The van der Waals surface area contributed by atoms with E-state index in [0.717, 1.165) is 11.8 Å². The van der Waals surface area contributed by atoms with Crippen molar-refractivity contribution in [1.82, 2.24) is 5.32 Å². The summed E-state index contributed by atoms with van der Waals surface area (Å²) in [6.45, 7) is 1.29. The van der Waals surface area contributed by atoms with E-state index in [1.807, 2.05) is 0 Å². The Morgan fingerprint density at radius 3 is 2.29 bits per heavy atom. The number of rotatable bonds is 5. The molecule has 1 aliphatic rings. The van der Waals surface area contributed by atoms with E-state index in [0.29, 0.717) is 0 Å². The van der Waals surface area contributed by atoms with Gasteiger partial charge >= 0.3 is 5.97 Å². The lowest BCUT2D eigenvalue weighted by Gasteiger charge is -2.28. The van der Waals surface area contributed by atoms with Crippen molar-refractivity contribution in [2.75, 3.05) is 5.75 Å². The third kappa shape index (κ3) is 3.54. The molecule has 0 unspecified atom stereocenters. The zero-order valence-electron chi connectivity index (χ0n) is 9.22. The Morgan fingerprint density at radius 2 is 1.88 bits per heavy atom. The number of carboxylic acids is 1. The normalized spacial score (nSPS) is 31.8. The quantitative estimate of drug-likeness (QED) is 0.324. The Labute approximate surface area is 102 Å². The lowest BCUT2D eigenvalue weighted by Crippen LogP contribution is -2.51. The number of carbonyl (C=O) groups is 1. The first-order valence-electron chi connectivity index (χ1n) is 5.17. The summed E-state index contributed by atoms with van der Waals surface area (Å²) < 4.78 is 0. The number of aliphatic hydroxyl groups excluding tert-OH is 4. The van der Waals surface area contributed by atoms with E-state index in [1.54, 1.807) is 0 Å². The smallest absolute Gasteiger partial charge is 0.321 e. The van der Waals surface area contributed by atoms with Gasteiger partial charge in [0.05, 0.1) is 11.5 Å². The predicted molar refractivity (Wildman–Crippen MR) is 60.5 cm³/mol. The summed E-state index contributed by atoms with van der Waals surface area (Å²) in [5.74, 6) is -0.757. The van der Waals surface area contributed by atoms with Gasteiger partial charge in [-0.1, -0.05) is 0 Å². The van der Waals surface area contributed by atoms with Gasteiger partial charge in [0, 0.05) is 5.75 Å². The summed E-state index contributed by atoms with van der Waals surface area (Å²) >= 11 is 1.15. The van der Waals surface area contributed by atoms with E-state index in [2.05, 4.69) is 5.32 Å². The van der Waals surface area contributed by atoms with Crippen molar-refractivity contribution in [3.05, 3.63) is 0 Å². The van der Waals surface area contributed by atoms with Gasteiger partial charge in [-0.05, 0) is 6.92 Å². The van der Waals surface area contributed by atoms with E-state index in [9.17, 15) is 20.1 Å². The van der Waals surface area contributed by atoms with Crippen LogP contribution in [0.3, 0.4) is 0 Å². The molecule has 0 saturated carbocycles. The van der Waals surface area contributed by atoms with Gasteiger partial charge in [0.1, 0.15) is 24.4 Å². The van der Waals surface area contributed by atoms with Gasteiger partial charge in [0.25, 0.3) is 0 Å². The molecule has 1 rings (SSSR count). The maximum absolute atomic E-state index is 10.7. The average molecular weight is 267 g/mol. The topological polar surface area (TPSA) is 130 Å². The molecule has 1 aliphatic heterocycles. The summed E-state index contributed by atoms with van der Waals surface area (Å²) in [5, 5.41) is 48.5. The monoisotopic (exact) mass is 267 g/mol. The van der Waals surface area contributed by atoms with Crippen LogP contribution in [0.1, 0.15) is 6.92 Å². The minimum Gasteiger partial charge on any atom is -0.480 e. The van der Waals surface area contributed by atoms with Crippen LogP contribution in [0.2, 0.25) is 0 Å². The highest BCUT2D eigenvalue weighted by molar-refractivity contribution is 8.00. The molecule has 0 radical (unpaired) electrons. The number of carboxylic acid groups (broad SMARTS) is 1. The third-order valence-corrected chi connectivity index (χ3v) is 3.91. The fourth-order valence-electron chi connectivity index (χ4n) is 1.50. The van der Waals surface area contributed by atoms with Crippen molar-refractivity contribution in [2.24, 2.45) is 0 Å². The average Bonchev–Trinajstić information content (AvgIpc) is 2.75. The second kappa shape index (κ2) is 5.98. The van der Waals surface area contributed by atoms with Crippen LogP contribution >= 0.6 is 11.8 Å². The lowest BCUT2D eigenvalue weighted by atomic mass is 10.0. The maximum atomic E-state index is 10.7. The van der Waals surface area contributed by atoms with Gasteiger partial charge < -0.3 is 25.5 Å². The first kappa shape index (κ1) is 14.7. The van der Waals surface area contributed by atoms with E-state index in [1.165, 1.54) is 6.92 Å². The number of hydrogen-bond acceptors (Lipinski definition) is 7. The molecule has 6 atom stereocenters. The fourth-order valence-corrected chi connectivity index (χ4v) is 2.76. The minimum atomic E-state index is -1.53. The SMILES string of the molecule is C[C@H](O)[C@H](O)[C@H](O)[C@@H](O)[C@@H]1N[C@H](C(=O)O)CS1. The molecular weight excluding hydrogens is 250 g/mol. The largest absolute Gasteiger partial charge is 0.480 e. The molecule has 17 heavy (non-hydrogen) atoms. The molecule has 0 aromatic rings. The van der Waals surface area contributed by atoms with Crippen LogP contribution in [0.25, 0.3) is 0 Å². The molecule has 1 fully saturated rings. The number of nitrogens with one attached hydrogen (secondary N) is 1. The van der Waals surface area contributed by atoms with Crippen LogP contribution in [-0.4, -0.2) is 73.1 Å². The second-order valence-corrected chi connectivity index (χ2v) is 5.20. The molecule has 0 amide bonds. The van der Waals surface area contributed by atoms with Crippen LogP contribution < -0.4 is 5.32 Å². The van der Waals surface area contributed by atoms with E-state index in [-0.39, 0.29) is 5.75 Å². The molecule has 6 N–H and O–H groups in total. The Hall–Kier alpha value is -0.380. The van der Waals surface area contributed by atoms with Crippen LogP contribution in [0.15, 0.2) is 0 Å². The van der Waals surface area contributed by atoms with Crippen LogP contribution in [0.4, 0.5) is 0 Å². The van der Waals surface area contributed by atoms with Crippen molar-refractivity contribution < 1.29 is 30.3 Å². The highest BCUT2D eigenvalue weighted by Crippen LogP contribution is 2.24. The van der Waals surface area contributed by atoms with Gasteiger partial charge in [-0.2, -0.15) is 0 Å². The number of hydrogen-bond donors (Lipinski definition) is 6. The Balaban J connectivity index is 2.54. The molecule has 100 valence electrons. The molecular formula is C9H17NO6S. The highest BCUT2D eigenvalue weighted by Gasteiger charge is 2.39. The number of thioether (sulfide) groups is 1. The van der Waals surface area contributed by atoms with Gasteiger partial charge in [-0.15, -0.1) is 11.8 Å². The van der Waals surface area contributed by atoms with Gasteiger partial charge in [-0.25, -0.2) is 0 Å². The molecule has 0 aliphatic carbocycles. The lowest BCUT2D eigenvalue weighted by molar-refractivity contribution is -0.139. The molecule has 0 spiro atoms. The summed E-state index contributed by atoms with van der Waals surface area (Å²) in [6.07, 6.45) is -5.54. The van der Waals surface area contributed by atoms with Crippen molar-refractivity contribution in [2.45, 2.75) is 42.8 Å². The maximum Gasteiger partial charge on any atom is 0.321 e. The van der Waals surface area contributed by atoms with Gasteiger partial charge in [0.2, 0.25) is 0 Å². The van der Waals surface area contributed by atoms with Crippen molar-refractivity contribution in [3.63, 3.8) is 0 Å². The first-order chi connectivity index (χ1) is 7.84. The molecule has 0 aromatic heterocycles. The number of aliphatic hydroxyl groups is 4. The second-order valence-electron chi connectivity index (χ2n) is 4.02. The molecule has 0 bridgehead atoms.